The summed E-state index contributed by atoms with van der Waals surface area (Å²) in [6, 6.07) is -1.69. The van der Waals surface area contributed by atoms with Crippen LogP contribution in [-0.4, -0.2) is 35.0 Å². The van der Waals surface area contributed by atoms with Crippen molar-refractivity contribution >= 4 is 17.8 Å². The summed E-state index contributed by atoms with van der Waals surface area (Å²) in [5.74, 6) is -1.76. The number of amides is 2. The molecule has 0 aliphatic heterocycles. The molecule has 134 valence electrons. The number of carbonyl (C=O) groups is 3. The first-order chi connectivity index (χ1) is 11.4. The lowest BCUT2D eigenvalue weighted by atomic mass is 9.92. The topological polar surface area (TPSA) is 95.5 Å². The molecule has 0 aromatic heterocycles. The molecule has 0 aromatic rings. The third kappa shape index (κ3) is 6.18. The summed E-state index contributed by atoms with van der Waals surface area (Å²) in [5.41, 5.74) is 0. The van der Waals surface area contributed by atoms with Crippen LogP contribution in [0.25, 0.3) is 0 Å². The lowest BCUT2D eigenvalue weighted by Gasteiger charge is -2.26. The summed E-state index contributed by atoms with van der Waals surface area (Å²) >= 11 is 0. The van der Waals surface area contributed by atoms with E-state index in [1.165, 1.54) is 0 Å². The molecule has 4 atom stereocenters. The zero-order chi connectivity index (χ0) is 18.1. The van der Waals surface area contributed by atoms with Gasteiger partial charge in [-0.1, -0.05) is 51.5 Å². The van der Waals surface area contributed by atoms with Crippen molar-refractivity contribution in [2.75, 3.05) is 0 Å². The Morgan fingerprint density at radius 2 is 1.92 bits per heavy atom. The molecule has 1 rings (SSSR count). The average molecular weight is 336 g/mol. The molecule has 1 aliphatic carbocycles. The van der Waals surface area contributed by atoms with Crippen molar-refractivity contribution in [3.8, 4) is 0 Å². The van der Waals surface area contributed by atoms with Gasteiger partial charge in [0.2, 0.25) is 11.8 Å². The van der Waals surface area contributed by atoms with Crippen molar-refractivity contribution in [1.82, 2.24) is 10.6 Å². The standard InChI is InChI=1S/C18H28N2O4/c1-4-12(3)16(18(23)24)20-17(22)14(19-15(21)5-2)11-13-9-7-6-8-10-13/h6-9,12-14,16H,4-5,10-11H2,1-3H3,(H,19,21)(H,20,22)(H,23,24)/t12?,13-,14?,16?/m0/s1. The van der Waals surface area contributed by atoms with Crippen LogP contribution < -0.4 is 10.6 Å². The van der Waals surface area contributed by atoms with E-state index in [9.17, 15) is 19.5 Å². The predicted molar refractivity (Wildman–Crippen MR) is 92.2 cm³/mol. The Balaban J connectivity index is 2.81. The zero-order valence-electron chi connectivity index (χ0n) is 14.6. The van der Waals surface area contributed by atoms with E-state index < -0.39 is 24.0 Å². The third-order valence-corrected chi connectivity index (χ3v) is 4.36. The second-order valence-electron chi connectivity index (χ2n) is 6.23. The van der Waals surface area contributed by atoms with Gasteiger partial charge >= 0.3 is 5.97 Å². The fourth-order valence-electron chi connectivity index (χ4n) is 2.57. The van der Waals surface area contributed by atoms with Crippen LogP contribution in [0.1, 0.15) is 46.5 Å². The number of nitrogens with one attached hydrogen (secondary N) is 2. The highest BCUT2D eigenvalue weighted by Crippen LogP contribution is 2.18. The number of carbonyl (C=O) groups excluding carboxylic acids is 2. The summed E-state index contributed by atoms with van der Waals surface area (Å²) < 4.78 is 0. The number of hydrogen-bond acceptors (Lipinski definition) is 3. The molecule has 0 radical (unpaired) electrons. The van der Waals surface area contributed by atoms with Gasteiger partial charge in [0.05, 0.1) is 0 Å². The van der Waals surface area contributed by atoms with Gasteiger partial charge < -0.3 is 15.7 Å². The van der Waals surface area contributed by atoms with Gasteiger partial charge in [0.15, 0.2) is 0 Å². The van der Waals surface area contributed by atoms with Gasteiger partial charge in [0, 0.05) is 6.42 Å². The van der Waals surface area contributed by atoms with Crippen LogP contribution in [0.2, 0.25) is 0 Å². The Hall–Kier alpha value is -2.11. The Kier molecular flexibility index (Phi) is 8.22. The molecule has 0 saturated carbocycles. The average Bonchev–Trinajstić information content (AvgIpc) is 2.58. The Morgan fingerprint density at radius 3 is 2.42 bits per heavy atom. The summed E-state index contributed by atoms with van der Waals surface area (Å²) in [7, 11) is 0. The minimum atomic E-state index is -1.06. The van der Waals surface area contributed by atoms with Gasteiger partial charge in [-0.25, -0.2) is 4.79 Å². The minimum Gasteiger partial charge on any atom is -0.480 e. The van der Waals surface area contributed by atoms with E-state index in [0.717, 1.165) is 6.42 Å². The number of carboxylic acid groups (broad SMARTS) is 1. The van der Waals surface area contributed by atoms with Crippen LogP contribution in [0.3, 0.4) is 0 Å². The zero-order valence-corrected chi connectivity index (χ0v) is 14.6. The van der Waals surface area contributed by atoms with Gasteiger partial charge in [-0.05, 0) is 24.7 Å². The van der Waals surface area contributed by atoms with E-state index >= 15 is 0 Å². The lowest BCUT2D eigenvalue weighted by Crippen LogP contribution is -2.53. The van der Waals surface area contributed by atoms with Crippen molar-refractivity contribution in [3.63, 3.8) is 0 Å². The summed E-state index contributed by atoms with van der Waals surface area (Å²) in [4.78, 5) is 35.7. The first-order valence-electron chi connectivity index (χ1n) is 8.54. The second-order valence-corrected chi connectivity index (χ2v) is 6.23. The van der Waals surface area contributed by atoms with Crippen LogP contribution in [0, 0.1) is 11.8 Å². The van der Waals surface area contributed by atoms with E-state index in [1.807, 2.05) is 31.2 Å². The van der Waals surface area contributed by atoms with Crippen molar-refractivity contribution < 1.29 is 19.5 Å². The summed E-state index contributed by atoms with van der Waals surface area (Å²) in [6.07, 6.45) is 10.0. The SMILES string of the molecule is CCC(=O)NC(C[C@H]1C=CC=CC1)C(=O)NC(C(=O)O)C(C)CC. The number of allylic oxidation sites excluding steroid dienone is 4. The lowest BCUT2D eigenvalue weighted by molar-refractivity contribution is -0.143. The Labute approximate surface area is 143 Å². The number of rotatable bonds is 9. The van der Waals surface area contributed by atoms with E-state index in [0.29, 0.717) is 12.8 Å². The van der Waals surface area contributed by atoms with E-state index in [2.05, 4.69) is 10.6 Å². The van der Waals surface area contributed by atoms with Gasteiger partial charge in [0.25, 0.3) is 0 Å². The molecule has 0 spiro atoms. The molecule has 3 N–H and O–H groups in total. The molecular weight excluding hydrogens is 308 g/mol. The largest absolute Gasteiger partial charge is 0.480 e. The minimum absolute atomic E-state index is 0.148. The Morgan fingerprint density at radius 1 is 1.21 bits per heavy atom. The maximum Gasteiger partial charge on any atom is 0.326 e. The molecule has 3 unspecified atom stereocenters. The molecule has 24 heavy (non-hydrogen) atoms. The fraction of sp³-hybridized carbons (Fsp3) is 0.611. The Bertz CT molecular complexity index is 513. The molecule has 2 amide bonds. The van der Waals surface area contributed by atoms with Crippen LogP contribution in [0.5, 0.6) is 0 Å². The molecule has 6 heteroatoms. The molecule has 0 saturated heterocycles. The van der Waals surface area contributed by atoms with E-state index in [-0.39, 0.29) is 24.2 Å². The molecule has 0 fully saturated rings. The van der Waals surface area contributed by atoms with Crippen LogP contribution in [-0.2, 0) is 14.4 Å². The highest BCUT2D eigenvalue weighted by molar-refractivity contribution is 5.90. The number of aliphatic carboxylic acids is 1. The predicted octanol–water partition coefficient (Wildman–Crippen LogP) is 2.02. The number of hydrogen-bond donors (Lipinski definition) is 3. The summed E-state index contributed by atoms with van der Waals surface area (Å²) in [6.45, 7) is 5.38. The van der Waals surface area contributed by atoms with E-state index in [1.54, 1.807) is 13.8 Å². The first kappa shape index (κ1) is 19.9. The second kappa shape index (κ2) is 9.90. The van der Waals surface area contributed by atoms with Gasteiger partial charge in [-0.3, -0.25) is 9.59 Å². The van der Waals surface area contributed by atoms with Crippen molar-refractivity contribution in [1.29, 1.82) is 0 Å². The third-order valence-electron chi connectivity index (χ3n) is 4.36. The summed E-state index contributed by atoms with van der Waals surface area (Å²) in [5, 5.41) is 14.6. The van der Waals surface area contributed by atoms with Crippen molar-refractivity contribution in [3.05, 3.63) is 24.3 Å². The normalized spacial score (nSPS) is 20.0. The van der Waals surface area contributed by atoms with Crippen molar-refractivity contribution in [2.45, 2.75) is 58.5 Å². The molecule has 6 nitrogen and oxygen atoms in total. The van der Waals surface area contributed by atoms with Gasteiger partial charge in [-0.2, -0.15) is 0 Å². The molecule has 0 aromatic carbocycles. The number of carboxylic acids is 1. The molecule has 0 heterocycles. The molecule has 0 bridgehead atoms. The van der Waals surface area contributed by atoms with E-state index in [4.69, 9.17) is 0 Å². The van der Waals surface area contributed by atoms with Gasteiger partial charge in [-0.15, -0.1) is 0 Å². The van der Waals surface area contributed by atoms with Gasteiger partial charge in [0.1, 0.15) is 12.1 Å². The maximum absolute atomic E-state index is 12.6. The van der Waals surface area contributed by atoms with Crippen molar-refractivity contribution in [2.24, 2.45) is 11.8 Å². The van der Waals surface area contributed by atoms with Crippen LogP contribution in [0.15, 0.2) is 24.3 Å². The highest BCUT2D eigenvalue weighted by atomic mass is 16.4. The molecule has 1 aliphatic rings. The van der Waals surface area contributed by atoms with Crippen LogP contribution in [0.4, 0.5) is 0 Å². The smallest absolute Gasteiger partial charge is 0.326 e. The highest BCUT2D eigenvalue weighted by Gasteiger charge is 2.30. The fourth-order valence-corrected chi connectivity index (χ4v) is 2.57. The van der Waals surface area contributed by atoms with Crippen LogP contribution >= 0.6 is 0 Å². The monoisotopic (exact) mass is 336 g/mol. The quantitative estimate of drug-likeness (QED) is 0.600. The maximum atomic E-state index is 12.6. The molecular formula is C18H28N2O4. The first-order valence-corrected chi connectivity index (χ1v) is 8.54.